The van der Waals surface area contributed by atoms with Gasteiger partial charge in [0.25, 0.3) is 5.91 Å². The van der Waals surface area contributed by atoms with E-state index in [4.69, 9.17) is 9.47 Å². The smallest absolute Gasteiger partial charge is 0.254 e. The van der Waals surface area contributed by atoms with Crippen LogP contribution in [0.4, 0.5) is 4.39 Å². The second-order valence-electron chi connectivity index (χ2n) is 8.36. The van der Waals surface area contributed by atoms with Crippen LogP contribution < -0.4 is 9.47 Å². The Hall–Kier alpha value is -4.13. The Bertz CT molecular complexity index is 1380. The van der Waals surface area contributed by atoms with Gasteiger partial charge in [0.1, 0.15) is 12.4 Å². The van der Waals surface area contributed by atoms with Crippen molar-refractivity contribution in [3.05, 3.63) is 95.7 Å². The molecule has 0 spiro atoms. The number of pyridine rings is 1. The van der Waals surface area contributed by atoms with Crippen molar-refractivity contribution in [2.24, 2.45) is 0 Å². The summed E-state index contributed by atoms with van der Waals surface area (Å²) < 4.78 is 25.2. The van der Waals surface area contributed by atoms with Crippen LogP contribution in [-0.2, 0) is 6.61 Å². The maximum absolute atomic E-state index is 13.5. The highest BCUT2D eigenvalue weighted by Crippen LogP contribution is 2.32. The minimum absolute atomic E-state index is 0.0528. The molecule has 0 aliphatic carbocycles. The summed E-state index contributed by atoms with van der Waals surface area (Å²) in [7, 11) is 0. The number of fused-ring (bicyclic) bond motifs is 1. The van der Waals surface area contributed by atoms with E-state index in [2.05, 4.69) is 16.0 Å². The van der Waals surface area contributed by atoms with Gasteiger partial charge >= 0.3 is 0 Å². The Morgan fingerprint density at radius 1 is 1.09 bits per heavy atom. The number of nitrogens with zero attached hydrogens (tertiary/aromatic N) is 2. The number of carbonyl (C=O) groups is 1. The van der Waals surface area contributed by atoms with Crippen molar-refractivity contribution < 1.29 is 18.7 Å². The minimum atomic E-state index is -0.263. The summed E-state index contributed by atoms with van der Waals surface area (Å²) in [6.07, 6.45) is 8.15. The molecule has 4 aromatic rings. The van der Waals surface area contributed by atoms with Crippen LogP contribution in [0, 0.1) is 5.82 Å². The number of carbonyl (C=O) groups excluding carboxylic acids is 1. The number of amides is 1. The van der Waals surface area contributed by atoms with Gasteiger partial charge < -0.3 is 19.4 Å². The number of nitrogens with one attached hydrogen (secondary N) is 1. The molecule has 35 heavy (non-hydrogen) atoms. The number of rotatable bonds is 7. The Kier molecular flexibility index (Phi) is 6.48. The highest BCUT2D eigenvalue weighted by atomic mass is 19.1. The Balaban J connectivity index is 1.30. The molecule has 0 saturated carbocycles. The van der Waals surface area contributed by atoms with Crippen molar-refractivity contribution in [3.63, 3.8) is 0 Å². The Labute approximate surface area is 203 Å². The molecule has 5 rings (SSSR count). The van der Waals surface area contributed by atoms with Gasteiger partial charge in [-0.1, -0.05) is 6.08 Å². The highest BCUT2D eigenvalue weighted by Gasteiger charge is 2.22. The predicted molar refractivity (Wildman–Crippen MR) is 133 cm³/mol. The van der Waals surface area contributed by atoms with E-state index in [0.717, 1.165) is 34.0 Å². The quantitative estimate of drug-likeness (QED) is 0.381. The largest absolute Gasteiger partial charge is 0.490 e. The first-order valence-corrected chi connectivity index (χ1v) is 11.7. The van der Waals surface area contributed by atoms with Crippen molar-refractivity contribution in [2.45, 2.75) is 20.0 Å². The molecule has 178 valence electrons. The molecule has 2 aromatic heterocycles. The van der Waals surface area contributed by atoms with Gasteiger partial charge in [-0.25, -0.2) is 4.39 Å². The molecule has 1 N–H and O–H groups in total. The van der Waals surface area contributed by atoms with E-state index >= 15 is 0 Å². The molecule has 6 nitrogen and oxygen atoms in total. The fourth-order valence-electron chi connectivity index (χ4n) is 4.31. The first-order valence-electron chi connectivity index (χ1n) is 11.7. The van der Waals surface area contributed by atoms with E-state index in [0.29, 0.717) is 43.4 Å². The fraction of sp³-hybridized carbons (Fsp3) is 0.214. The molecule has 2 aromatic carbocycles. The number of benzene rings is 2. The monoisotopic (exact) mass is 471 g/mol. The van der Waals surface area contributed by atoms with Crippen LogP contribution in [0.3, 0.4) is 0 Å². The number of halogens is 1. The highest BCUT2D eigenvalue weighted by molar-refractivity contribution is 5.96. The maximum atomic E-state index is 13.5. The minimum Gasteiger partial charge on any atom is -0.490 e. The average Bonchev–Trinajstić information content (AvgIpc) is 3.31. The van der Waals surface area contributed by atoms with Crippen LogP contribution in [-0.4, -0.2) is 40.5 Å². The van der Waals surface area contributed by atoms with Crippen LogP contribution in [0.1, 0.15) is 34.8 Å². The van der Waals surface area contributed by atoms with E-state index < -0.39 is 0 Å². The van der Waals surface area contributed by atoms with Gasteiger partial charge in [0, 0.05) is 53.7 Å². The van der Waals surface area contributed by atoms with Crippen LogP contribution in [0.2, 0.25) is 0 Å². The first-order chi connectivity index (χ1) is 17.1. The maximum Gasteiger partial charge on any atom is 0.254 e. The zero-order valence-corrected chi connectivity index (χ0v) is 19.5. The average molecular weight is 472 g/mol. The summed E-state index contributed by atoms with van der Waals surface area (Å²) in [5.41, 5.74) is 4.54. The third-order valence-electron chi connectivity index (χ3n) is 6.12. The molecule has 0 saturated heterocycles. The van der Waals surface area contributed by atoms with Crippen LogP contribution >= 0.6 is 0 Å². The fourth-order valence-corrected chi connectivity index (χ4v) is 4.31. The molecule has 3 heterocycles. The molecule has 1 aliphatic rings. The Morgan fingerprint density at radius 2 is 1.94 bits per heavy atom. The lowest BCUT2D eigenvalue weighted by molar-refractivity contribution is 0.0772. The number of aromatic nitrogens is 2. The van der Waals surface area contributed by atoms with E-state index in [1.807, 2.05) is 30.2 Å². The van der Waals surface area contributed by atoms with Crippen molar-refractivity contribution >= 4 is 22.4 Å². The lowest BCUT2D eigenvalue weighted by Crippen LogP contribution is -2.34. The zero-order chi connectivity index (χ0) is 24.2. The van der Waals surface area contributed by atoms with Gasteiger partial charge in [0.2, 0.25) is 0 Å². The van der Waals surface area contributed by atoms with Gasteiger partial charge in [-0.2, -0.15) is 0 Å². The van der Waals surface area contributed by atoms with Gasteiger partial charge in [0.15, 0.2) is 11.5 Å². The van der Waals surface area contributed by atoms with E-state index in [9.17, 15) is 9.18 Å². The summed E-state index contributed by atoms with van der Waals surface area (Å²) >= 11 is 0. The topological polar surface area (TPSA) is 67.5 Å². The van der Waals surface area contributed by atoms with Crippen molar-refractivity contribution in [3.8, 4) is 11.5 Å². The number of aromatic amines is 1. The first kappa shape index (κ1) is 22.7. The van der Waals surface area contributed by atoms with Crippen molar-refractivity contribution in [2.75, 3.05) is 19.7 Å². The van der Waals surface area contributed by atoms with Gasteiger partial charge in [-0.3, -0.25) is 9.78 Å². The van der Waals surface area contributed by atoms with Crippen LogP contribution in [0.5, 0.6) is 11.5 Å². The van der Waals surface area contributed by atoms with Crippen LogP contribution in [0.25, 0.3) is 16.5 Å². The number of H-pyrrole nitrogens is 1. The van der Waals surface area contributed by atoms with E-state index in [1.165, 1.54) is 12.1 Å². The lowest BCUT2D eigenvalue weighted by atomic mass is 9.98. The SMILES string of the molecule is CCOc1cc(C(=O)N2CC=C(c3c[nH]c4cc(F)ccc34)CC2)ccc1OCc1ccncc1. The molecule has 0 radical (unpaired) electrons. The number of hydrogen-bond donors (Lipinski definition) is 1. The van der Waals surface area contributed by atoms with E-state index in [1.54, 1.807) is 36.7 Å². The normalized spacial score (nSPS) is 13.5. The molecule has 0 bridgehead atoms. The summed E-state index contributed by atoms with van der Waals surface area (Å²) in [6, 6.07) is 13.9. The van der Waals surface area contributed by atoms with Gasteiger partial charge in [0.05, 0.1) is 6.61 Å². The molecule has 0 unspecified atom stereocenters. The number of ether oxygens (including phenoxy) is 2. The predicted octanol–water partition coefficient (Wildman–Crippen LogP) is 5.61. The van der Waals surface area contributed by atoms with Gasteiger partial charge in [-0.05, 0) is 73.0 Å². The lowest BCUT2D eigenvalue weighted by Gasteiger charge is -2.27. The summed E-state index contributed by atoms with van der Waals surface area (Å²) in [5, 5.41) is 0.987. The Morgan fingerprint density at radius 3 is 2.71 bits per heavy atom. The molecule has 0 fully saturated rings. The van der Waals surface area contributed by atoms with Gasteiger partial charge in [-0.15, -0.1) is 0 Å². The molecule has 7 heteroatoms. The summed E-state index contributed by atoms with van der Waals surface area (Å²) in [5.74, 6) is 0.826. The second kappa shape index (κ2) is 10.0. The van der Waals surface area contributed by atoms with Crippen LogP contribution in [0.15, 0.2) is 73.2 Å². The molecule has 1 amide bonds. The molecular formula is C28H26FN3O3. The summed E-state index contributed by atoms with van der Waals surface area (Å²) in [6.45, 7) is 3.86. The second-order valence-corrected chi connectivity index (χ2v) is 8.36. The third-order valence-corrected chi connectivity index (χ3v) is 6.12. The molecule has 1 aliphatic heterocycles. The molecule has 0 atom stereocenters. The standard InChI is InChI=1S/C28H26FN3O3/c1-2-34-27-15-21(3-6-26(27)35-18-19-7-11-30-12-8-19)28(33)32-13-9-20(10-14-32)24-17-31-25-16-22(29)4-5-23(24)25/h3-9,11-12,15-17,31H,2,10,13-14,18H2,1H3. The van der Waals surface area contributed by atoms with Crippen molar-refractivity contribution in [1.29, 1.82) is 0 Å². The third kappa shape index (κ3) is 4.89. The zero-order valence-electron chi connectivity index (χ0n) is 19.5. The van der Waals surface area contributed by atoms with Crippen molar-refractivity contribution in [1.82, 2.24) is 14.9 Å². The number of hydrogen-bond acceptors (Lipinski definition) is 4. The summed E-state index contributed by atoms with van der Waals surface area (Å²) in [4.78, 5) is 22.2. The van der Waals surface area contributed by atoms with E-state index in [-0.39, 0.29) is 11.7 Å². The molecular weight excluding hydrogens is 445 g/mol.